The van der Waals surface area contributed by atoms with Crippen molar-refractivity contribution in [3.63, 3.8) is 0 Å². The van der Waals surface area contributed by atoms with Crippen LogP contribution < -0.4 is 0 Å². The molecule has 2 nitrogen and oxygen atoms in total. The van der Waals surface area contributed by atoms with Crippen LogP contribution in [0.15, 0.2) is 30.5 Å². The van der Waals surface area contributed by atoms with Crippen molar-refractivity contribution in [2.45, 2.75) is 6.44 Å². The van der Waals surface area contributed by atoms with Crippen LogP contribution >= 0.6 is 0 Å². The standard InChI is InChI=1S/C8H7BF3N2/c10-9(11,12)6-14-8-4-2-1-3-7(8)5-13-14/h1-5H,6H2/q-1. The van der Waals surface area contributed by atoms with Crippen LogP contribution in [0.2, 0.25) is 0 Å². The van der Waals surface area contributed by atoms with E-state index in [1.54, 1.807) is 24.3 Å². The second kappa shape index (κ2) is 3.04. The van der Waals surface area contributed by atoms with Gasteiger partial charge < -0.3 is 12.9 Å². The smallest absolute Gasteiger partial charge is 0.448 e. The minimum Gasteiger partial charge on any atom is -0.448 e. The Morgan fingerprint density at radius 2 is 1.93 bits per heavy atom. The maximum absolute atomic E-state index is 12.1. The lowest BCUT2D eigenvalue weighted by molar-refractivity contribution is 0.439. The van der Waals surface area contributed by atoms with Gasteiger partial charge in [-0.15, -0.1) is 0 Å². The molecule has 0 saturated heterocycles. The molecule has 6 heteroatoms. The lowest BCUT2D eigenvalue weighted by atomic mass is 9.92. The van der Waals surface area contributed by atoms with Gasteiger partial charge in [0.2, 0.25) is 0 Å². The van der Waals surface area contributed by atoms with Crippen LogP contribution in [0.3, 0.4) is 0 Å². The van der Waals surface area contributed by atoms with Crippen molar-refractivity contribution < 1.29 is 12.9 Å². The molecule has 2 aromatic rings. The first-order valence-corrected chi connectivity index (χ1v) is 4.18. The first-order valence-electron chi connectivity index (χ1n) is 4.18. The lowest BCUT2D eigenvalue weighted by Crippen LogP contribution is -2.24. The number of benzene rings is 1. The van der Waals surface area contributed by atoms with Gasteiger partial charge in [0, 0.05) is 11.8 Å². The topological polar surface area (TPSA) is 17.8 Å². The Morgan fingerprint density at radius 1 is 1.21 bits per heavy atom. The zero-order chi connectivity index (χ0) is 10.2. The van der Waals surface area contributed by atoms with E-state index in [1.807, 2.05) is 0 Å². The van der Waals surface area contributed by atoms with Crippen molar-refractivity contribution in [2.24, 2.45) is 0 Å². The van der Waals surface area contributed by atoms with E-state index in [1.165, 1.54) is 6.20 Å². The molecule has 0 N–H and O–H groups in total. The lowest BCUT2D eigenvalue weighted by Gasteiger charge is -2.13. The normalized spacial score (nSPS) is 12.2. The molecule has 0 bridgehead atoms. The van der Waals surface area contributed by atoms with Gasteiger partial charge >= 0.3 is 6.98 Å². The fourth-order valence-corrected chi connectivity index (χ4v) is 1.37. The third-order valence-corrected chi connectivity index (χ3v) is 1.93. The van der Waals surface area contributed by atoms with Gasteiger partial charge in [-0.1, -0.05) is 18.2 Å². The molecule has 2 rings (SSSR count). The quantitative estimate of drug-likeness (QED) is 0.679. The summed E-state index contributed by atoms with van der Waals surface area (Å²) in [5.74, 6) is 0. The Hall–Kier alpha value is -1.46. The van der Waals surface area contributed by atoms with E-state index in [0.717, 1.165) is 10.1 Å². The van der Waals surface area contributed by atoms with E-state index < -0.39 is 13.4 Å². The highest BCUT2D eigenvalue weighted by Gasteiger charge is 2.24. The van der Waals surface area contributed by atoms with Gasteiger partial charge in [0.05, 0.1) is 11.7 Å². The molecule has 0 aliphatic carbocycles. The number of nitrogens with zero attached hydrogens (tertiary/aromatic N) is 2. The number of fused-ring (bicyclic) bond motifs is 1. The summed E-state index contributed by atoms with van der Waals surface area (Å²) in [4.78, 5) is 0. The number of halogens is 3. The largest absolute Gasteiger partial charge is 0.499 e. The molecule has 1 heterocycles. The van der Waals surface area contributed by atoms with Crippen molar-refractivity contribution in [3.8, 4) is 0 Å². The minimum absolute atomic E-state index is 0.520. The van der Waals surface area contributed by atoms with Crippen molar-refractivity contribution in [3.05, 3.63) is 30.5 Å². The Labute approximate surface area is 78.4 Å². The predicted molar refractivity (Wildman–Crippen MR) is 48.8 cm³/mol. The van der Waals surface area contributed by atoms with Crippen LogP contribution in [-0.2, 0) is 6.44 Å². The van der Waals surface area contributed by atoms with Crippen molar-refractivity contribution >= 4 is 17.9 Å². The Balaban J connectivity index is 2.44. The third kappa shape index (κ3) is 1.73. The highest BCUT2D eigenvalue weighted by atomic mass is 19.4. The van der Waals surface area contributed by atoms with E-state index in [4.69, 9.17) is 0 Å². The molecule has 0 unspecified atom stereocenters. The summed E-state index contributed by atoms with van der Waals surface area (Å²) in [6.45, 7) is -4.84. The van der Waals surface area contributed by atoms with Crippen LogP contribution in [0.5, 0.6) is 0 Å². The first-order chi connectivity index (χ1) is 6.56. The van der Waals surface area contributed by atoms with Gasteiger partial charge in [-0.05, 0) is 6.07 Å². The molecule has 1 aromatic carbocycles. The van der Waals surface area contributed by atoms with E-state index in [-0.39, 0.29) is 0 Å². The second-order valence-electron chi connectivity index (χ2n) is 3.10. The molecule has 1 aromatic heterocycles. The summed E-state index contributed by atoms with van der Waals surface area (Å²) >= 11 is 0. The average molecular weight is 199 g/mol. The summed E-state index contributed by atoms with van der Waals surface area (Å²) in [5.41, 5.74) is 0.520. The highest BCUT2D eigenvalue weighted by Crippen LogP contribution is 2.17. The highest BCUT2D eigenvalue weighted by molar-refractivity contribution is 6.57. The van der Waals surface area contributed by atoms with Gasteiger partial charge in [-0.3, -0.25) is 4.68 Å². The van der Waals surface area contributed by atoms with E-state index in [0.29, 0.717) is 5.52 Å². The molecule has 74 valence electrons. The molecule has 0 spiro atoms. The maximum atomic E-state index is 12.1. The van der Waals surface area contributed by atoms with Gasteiger partial charge in [-0.2, -0.15) is 5.10 Å². The van der Waals surface area contributed by atoms with Gasteiger partial charge in [0.1, 0.15) is 0 Å². The summed E-state index contributed by atoms with van der Waals surface area (Å²) in [6.07, 6.45) is 0.463. The molecule has 0 aliphatic heterocycles. The van der Waals surface area contributed by atoms with E-state index in [2.05, 4.69) is 5.10 Å². The van der Waals surface area contributed by atoms with Crippen molar-refractivity contribution in [2.75, 3.05) is 0 Å². The molecule has 0 saturated carbocycles. The van der Waals surface area contributed by atoms with Gasteiger partial charge in [0.25, 0.3) is 0 Å². The van der Waals surface area contributed by atoms with Crippen LogP contribution in [0, 0.1) is 0 Å². The zero-order valence-electron chi connectivity index (χ0n) is 7.20. The van der Waals surface area contributed by atoms with Crippen LogP contribution in [0.1, 0.15) is 0 Å². The Bertz CT molecular complexity index is 449. The molecular formula is C8H7BF3N2-. The number of aromatic nitrogens is 2. The summed E-state index contributed by atoms with van der Waals surface area (Å²) < 4.78 is 37.4. The second-order valence-corrected chi connectivity index (χ2v) is 3.10. The van der Waals surface area contributed by atoms with E-state index >= 15 is 0 Å². The predicted octanol–water partition coefficient (Wildman–Crippen LogP) is 2.42. The molecule has 0 fully saturated rings. The maximum Gasteiger partial charge on any atom is 0.499 e. The number of hydrogen-bond acceptors (Lipinski definition) is 1. The van der Waals surface area contributed by atoms with Crippen molar-refractivity contribution in [1.82, 2.24) is 9.78 Å². The van der Waals surface area contributed by atoms with Gasteiger partial charge in [-0.25, -0.2) is 0 Å². The Kier molecular flexibility index (Phi) is 1.98. The van der Waals surface area contributed by atoms with Crippen LogP contribution in [-0.4, -0.2) is 16.8 Å². The zero-order valence-corrected chi connectivity index (χ0v) is 7.20. The fourth-order valence-electron chi connectivity index (χ4n) is 1.37. The molecule has 0 aliphatic rings. The molecule has 0 radical (unpaired) electrons. The van der Waals surface area contributed by atoms with Gasteiger partial charge in [0.15, 0.2) is 0 Å². The fraction of sp³-hybridized carbons (Fsp3) is 0.125. The minimum atomic E-state index is -4.84. The Morgan fingerprint density at radius 3 is 2.64 bits per heavy atom. The first kappa shape index (κ1) is 9.11. The number of hydrogen-bond donors (Lipinski definition) is 0. The van der Waals surface area contributed by atoms with E-state index in [9.17, 15) is 12.9 Å². The third-order valence-electron chi connectivity index (χ3n) is 1.93. The summed E-state index contributed by atoms with van der Waals surface area (Å²) in [6, 6.07) is 6.84. The number of para-hydroxylation sites is 1. The monoisotopic (exact) mass is 199 g/mol. The molecule has 14 heavy (non-hydrogen) atoms. The molecular weight excluding hydrogens is 192 g/mol. The number of rotatable bonds is 2. The van der Waals surface area contributed by atoms with Crippen LogP contribution in [0.4, 0.5) is 12.9 Å². The molecule has 0 atom stereocenters. The van der Waals surface area contributed by atoms with Crippen LogP contribution in [0.25, 0.3) is 10.9 Å². The summed E-state index contributed by atoms with van der Waals surface area (Å²) in [5, 5.41) is 4.42. The summed E-state index contributed by atoms with van der Waals surface area (Å²) in [7, 11) is 0. The SMILES string of the molecule is F[B-](F)(F)Cn1ncc2ccccc21. The average Bonchev–Trinajstić information content (AvgIpc) is 2.47. The van der Waals surface area contributed by atoms with Crippen molar-refractivity contribution in [1.29, 1.82) is 0 Å². The molecule has 0 amide bonds.